The van der Waals surface area contributed by atoms with Gasteiger partial charge in [-0.3, -0.25) is 34.0 Å². The molecular formula is C51H63N9O7. The number of aryl methyl sites for hydroxylation is 1. The maximum atomic E-state index is 14.7. The van der Waals surface area contributed by atoms with Crippen LogP contribution in [-0.2, 0) is 55.1 Å². The number of hydrazine groups is 1. The van der Waals surface area contributed by atoms with Gasteiger partial charge >= 0.3 is 5.97 Å². The molecular weight excluding hydrogens is 851 g/mol. The number of methoxy groups -OCH3 is 1. The highest BCUT2D eigenvalue weighted by molar-refractivity contribution is 6.00. The standard InChI is InChI=1S/C51H63N9O7/c1-11-42(61)55-41-28-53-46(57(41)8)49(64)58(9)44(30(3)4)47(62)54-39-25-32-16-13-17-33(24-32)34-20-21-40-36(26-34)37(45(59(40)12-2)35-18-14-22-52-43(35)31(5)66-10)27-51(6,7)29-67-50(65)38-19-15-23-60(56-38)48(39)63/h11,13-14,16-18,20-22,24,26,28,30-31,38-39,44,56H,1,12,15,19,23,25,27,29H2,2-10H3,(H,54,62)(H,55,61)/t31-,38-,39-,44-/m0/s1. The number of amides is 4. The van der Waals surface area contributed by atoms with Gasteiger partial charge in [-0.05, 0) is 91.6 Å². The number of aromatic nitrogens is 4. The molecule has 16 nitrogen and oxygen atoms in total. The number of hydrogen-bond donors (Lipinski definition) is 3. The zero-order valence-electron chi connectivity index (χ0n) is 40.0. The monoisotopic (exact) mass is 913 g/mol. The molecule has 1 saturated heterocycles. The Bertz CT molecular complexity index is 2700. The fourth-order valence-corrected chi connectivity index (χ4v) is 9.35. The zero-order valence-corrected chi connectivity index (χ0v) is 40.0. The van der Waals surface area contributed by atoms with Crippen LogP contribution in [0.4, 0.5) is 5.82 Å². The van der Waals surface area contributed by atoms with Gasteiger partial charge in [-0.2, -0.15) is 0 Å². The minimum Gasteiger partial charge on any atom is -0.464 e. The fourth-order valence-electron chi connectivity index (χ4n) is 9.35. The van der Waals surface area contributed by atoms with Crippen molar-refractivity contribution in [2.45, 2.75) is 98.0 Å². The second kappa shape index (κ2) is 20.1. The molecule has 2 aromatic carbocycles. The number of ether oxygens (including phenoxy) is 2. The second-order valence-electron chi connectivity index (χ2n) is 18.7. The lowest BCUT2D eigenvalue weighted by atomic mass is 9.84. The minimum absolute atomic E-state index is 0.00134. The number of anilines is 1. The third-order valence-electron chi connectivity index (χ3n) is 12.9. The number of hydrogen-bond acceptors (Lipinski definition) is 10. The number of carbonyl (C=O) groups excluding carboxylic acids is 5. The fraction of sp³-hybridized carbons (Fsp3) is 0.431. The molecule has 4 amide bonds. The van der Waals surface area contributed by atoms with E-state index in [0.717, 1.165) is 56.2 Å². The molecule has 6 bridgehead atoms. The zero-order chi connectivity index (χ0) is 48.3. The Morgan fingerprint density at radius 3 is 2.55 bits per heavy atom. The summed E-state index contributed by atoms with van der Waals surface area (Å²) in [6.07, 6.45) is 5.66. The quantitative estimate of drug-likeness (QED) is 0.0991. The third kappa shape index (κ3) is 10.1. The second-order valence-corrected chi connectivity index (χ2v) is 18.7. The van der Waals surface area contributed by atoms with Crippen LogP contribution in [0.2, 0.25) is 0 Å². The van der Waals surface area contributed by atoms with Crippen LogP contribution in [0.5, 0.6) is 0 Å². The molecule has 3 N–H and O–H groups in total. The van der Waals surface area contributed by atoms with Crippen LogP contribution in [0.15, 0.2) is 79.6 Å². The highest BCUT2D eigenvalue weighted by atomic mass is 16.5. The van der Waals surface area contributed by atoms with E-state index in [9.17, 15) is 24.0 Å². The van der Waals surface area contributed by atoms with Crippen molar-refractivity contribution in [2.75, 3.05) is 32.6 Å². The van der Waals surface area contributed by atoms with Crippen LogP contribution in [0.25, 0.3) is 33.3 Å². The smallest absolute Gasteiger partial charge is 0.324 e. The van der Waals surface area contributed by atoms with E-state index in [4.69, 9.17) is 14.5 Å². The van der Waals surface area contributed by atoms with E-state index in [1.165, 1.54) is 27.7 Å². The van der Waals surface area contributed by atoms with Crippen LogP contribution >= 0.6 is 0 Å². The van der Waals surface area contributed by atoms with E-state index < -0.39 is 53.1 Å². The number of cyclic esters (lactones) is 1. The number of carbonyl (C=O) groups is 5. The average molecular weight is 914 g/mol. The molecule has 5 aromatic rings. The van der Waals surface area contributed by atoms with Crippen molar-refractivity contribution in [2.24, 2.45) is 18.4 Å². The summed E-state index contributed by atoms with van der Waals surface area (Å²) in [5.74, 6) is -2.59. The number of imidazole rings is 1. The summed E-state index contributed by atoms with van der Waals surface area (Å²) >= 11 is 0. The SMILES string of the molecule is C=CC(=O)Nc1cnc(C(=O)N(C)[C@H](C(=O)N[C@H]2Cc3cccc(c3)-c3ccc4c(c3)c(c(-c3cccnc3[C@H](C)OC)n4CC)CC(C)(C)COC(=O)[C@@H]3CCCN(N3)C2=O)C(C)C)n1C. The molecule has 7 rings (SSSR count). The van der Waals surface area contributed by atoms with E-state index in [-0.39, 0.29) is 36.7 Å². The van der Waals surface area contributed by atoms with Gasteiger partial charge in [-0.25, -0.2) is 10.4 Å². The molecule has 16 heteroatoms. The van der Waals surface area contributed by atoms with Crippen molar-refractivity contribution < 1.29 is 33.4 Å². The molecule has 2 aliphatic rings. The van der Waals surface area contributed by atoms with Crippen LogP contribution in [0, 0.1) is 11.3 Å². The van der Waals surface area contributed by atoms with Gasteiger partial charge in [-0.1, -0.05) is 64.6 Å². The Morgan fingerprint density at radius 2 is 1.84 bits per heavy atom. The molecule has 4 atom stereocenters. The number of nitrogens with zero attached hydrogens (tertiary/aromatic N) is 6. The van der Waals surface area contributed by atoms with Gasteiger partial charge in [0.1, 0.15) is 23.9 Å². The molecule has 354 valence electrons. The molecule has 5 heterocycles. The first-order valence-electron chi connectivity index (χ1n) is 23.0. The van der Waals surface area contributed by atoms with Crippen molar-refractivity contribution in [1.29, 1.82) is 0 Å². The van der Waals surface area contributed by atoms with Crippen molar-refractivity contribution in [3.63, 3.8) is 0 Å². The van der Waals surface area contributed by atoms with E-state index in [1.807, 2.05) is 51.1 Å². The maximum Gasteiger partial charge on any atom is 0.324 e. The summed E-state index contributed by atoms with van der Waals surface area (Å²) < 4.78 is 15.7. The lowest BCUT2D eigenvalue weighted by Crippen LogP contribution is -2.62. The Balaban J connectivity index is 1.30. The highest BCUT2D eigenvalue weighted by Crippen LogP contribution is 2.42. The lowest BCUT2D eigenvalue weighted by Gasteiger charge is -2.36. The van der Waals surface area contributed by atoms with Gasteiger partial charge in [-0.15, -0.1) is 0 Å². The van der Waals surface area contributed by atoms with E-state index in [2.05, 4.69) is 77.2 Å². The Morgan fingerprint density at radius 1 is 1.07 bits per heavy atom. The largest absolute Gasteiger partial charge is 0.464 e. The topological polar surface area (TPSA) is 182 Å². The number of likely N-dealkylation sites (N-methyl/N-ethyl adjacent to an activating group) is 1. The van der Waals surface area contributed by atoms with Gasteiger partial charge in [0.2, 0.25) is 17.6 Å². The van der Waals surface area contributed by atoms with Crippen LogP contribution < -0.4 is 16.1 Å². The van der Waals surface area contributed by atoms with Crippen molar-refractivity contribution in [3.8, 4) is 22.4 Å². The summed E-state index contributed by atoms with van der Waals surface area (Å²) in [5, 5.41) is 8.11. The molecule has 0 radical (unpaired) electrons. The highest BCUT2D eigenvalue weighted by Gasteiger charge is 2.38. The van der Waals surface area contributed by atoms with Crippen molar-refractivity contribution in [3.05, 3.63) is 102 Å². The Kier molecular flexibility index (Phi) is 14.5. The van der Waals surface area contributed by atoms with E-state index in [0.29, 0.717) is 32.4 Å². The molecule has 0 unspecified atom stereocenters. The molecule has 2 aliphatic heterocycles. The molecule has 0 spiro atoms. The van der Waals surface area contributed by atoms with Gasteiger partial charge in [0, 0.05) is 68.8 Å². The lowest BCUT2D eigenvalue weighted by molar-refractivity contribution is -0.155. The van der Waals surface area contributed by atoms with Crippen LogP contribution in [-0.4, -0.2) is 104 Å². The summed E-state index contributed by atoms with van der Waals surface area (Å²) in [7, 11) is 4.78. The summed E-state index contributed by atoms with van der Waals surface area (Å²) in [5.41, 5.74) is 10.3. The van der Waals surface area contributed by atoms with Gasteiger partial charge in [0.15, 0.2) is 0 Å². The first-order chi connectivity index (χ1) is 32.0. The summed E-state index contributed by atoms with van der Waals surface area (Å²) in [4.78, 5) is 79.5. The molecule has 1 fully saturated rings. The van der Waals surface area contributed by atoms with Crippen molar-refractivity contribution >= 4 is 46.3 Å². The summed E-state index contributed by atoms with van der Waals surface area (Å²) in [6, 6.07) is 15.5. The van der Waals surface area contributed by atoms with Crippen LogP contribution in [0.3, 0.4) is 0 Å². The maximum absolute atomic E-state index is 14.7. The predicted molar refractivity (Wildman–Crippen MR) is 256 cm³/mol. The first kappa shape index (κ1) is 48.3. The molecule has 67 heavy (non-hydrogen) atoms. The summed E-state index contributed by atoms with van der Waals surface area (Å²) in [6.45, 7) is 16.5. The van der Waals surface area contributed by atoms with E-state index in [1.54, 1.807) is 20.4 Å². The Hall–Kier alpha value is -6.65. The number of pyridine rings is 1. The molecule has 0 saturated carbocycles. The number of rotatable bonds is 11. The Labute approximate surface area is 392 Å². The van der Waals surface area contributed by atoms with Gasteiger partial charge < -0.3 is 34.1 Å². The first-order valence-corrected chi connectivity index (χ1v) is 23.0. The van der Waals surface area contributed by atoms with Gasteiger partial charge in [0.25, 0.3) is 11.8 Å². The number of fused-ring (bicyclic) bond motifs is 6. The van der Waals surface area contributed by atoms with Crippen molar-refractivity contribution in [1.82, 2.24) is 39.8 Å². The van der Waals surface area contributed by atoms with Crippen LogP contribution in [0.1, 0.15) is 87.9 Å². The number of benzene rings is 2. The molecule has 3 aromatic heterocycles. The van der Waals surface area contributed by atoms with E-state index >= 15 is 0 Å². The van der Waals surface area contributed by atoms with Gasteiger partial charge in [0.05, 0.1) is 30.3 Å². The predicted octanol–water partition coefficient (Wildman–Crippen LogP) is 6.40. The average Bonchev–Trinajstić information content (AvgIpc) is 3.83. The normalized spacial score (nSPS) is 18.4. The number of esters is 1. The number of nitrogens with one attached hydrogen (secondary N) is 3. The third-order valence-corrected chi connectivity index (χ3v) is 12.9. The molecule has 0 aliphatic carbocycles. The minimum atomic E-state index is -1.10.